The third-order valence-corrected chi connectivity index (χ3v) is 5.57. The summed E-state index contributed by atoms with van der Waals surface area (Å²) in [6, 6.07) is 11.0. The molecule has 0 radical (unpaired) electrons. The van der Waals surface area contributed by atoms with Crippen molar-refractivity contribution in [3.05, 3.63) is 54.0 Å². The SMILES string of the molecule is Cc1ccc(N2CCN(C(=O)c3cnc4c(c3)ncn4C3CC3)CC2)cc1. The van der Waals surface area contributed by atoms with Crippen LogP contribution in [-0.4, -0.2) is 51.5 Å². The molecule has 1 aliphatic carbocycles. The standard InChI is InChI=1S/C21H23N5O/c1-15-2-4-17(5-3-15)24-8-10-25(11-9-24)21(27)16-12-19-20(22-13-16)26(14-23-19)18-6-7-18/h2-5,12-14,18H,6-11H2,1H3. The van der Waals surface area contributed by atoms with Crippen LogP contribution in [0.2, 0.25) is 0 Å². The predicted molar refractivity (Wildman–Crippen MR) is 105 cm³/mol. The largest absolute Gasteiger partial charge is 0.368 e. The average Bonchev–Trinajstić information content (AvgIpc) is 3.47. The second-order valence-corrected chi connectivity index (χ2v) is 7.56. The smallest absolute Gasteiger partial charge is 0.255 e. The maximum Gasteiger partial charge on any atom is 0.255 e. The highest BCUT2D eigenvalue weighted by molar-refractivity contribution is 5.96. The van der Waals surface area contributed by atoms with Crippen LogP contribution in [0.25, 0.3) is 11.2 Å². The number of fused-ring (bicyclic) bond motifs is 1. The Hall–Kier alpha value is -2.89. The zero-order valence-corrected chi connectivity index (χ0v) is 15.5. The lowest BCUT2D eigenvalue weighted by Gasteiger charge is -2.36. The summed E-state index contributed by atoms with van der Waals surface area (Å²) < 4.78 is 2.13. The molecule has 3 aromatic rings. The van der Waals surface area contributed by atoms with Crippen molar-refractivity contribution in [2.45, 2.75) is 25.8 Å². The molecule has 0 unspecified atom stereocenters. The molecule has 2 fully saturated rings. The van der Waals surface area contributed by atoms with Gasteiger partial charge in [-0.05, 0) is 38.0 Å². The van der Waals surface area contributed by atoms with Gasteiger partial charge >= 0.3 is 0 Å². The quantitative estimate of drug-likeness (QED) is 0.720. The van der Waals surface area contributed by atoms with E-state index < -0.39 is 0 Å². The predicted octanol–water partition coefficient (Wildman–Crippen LogP) is 3.04. The van der Waals surface area contributed by atoms with Gasteiger partial charge in [0, 0.05) is 44.1 Å². The summed E-state index contributed by atoms with van der Waals surface area (Å²) in [6.45, 7) is 5.24. The topological polar surface area (TPSA) is 54.3 Å². The van der Waals surface area contributed by atoms with Gasteiger partial charge < -0.3 is 14.4 Å². The number of pyridine rings is 1. The van der Waals surface area contributed by atoms with E-state index in [1.54, 1.807) is 6.20 Å². The van der Waals surface area contributed by atoms with Gasteiger partial charge in [0.1, 0.15) is 5.52 Å². The molecule has 1 saturated carbocycles. The summed E-state index contributed by atoms with van der Waals surface area (Å²) >= 11 is 0. The lowest BCUT2D eigenvalue weighted by molar-refractivity contribution is 0.0746. The van der Waals surface area contributed by atoms with Gasteiger partial charge in [0.25, 0.3) is 5.91 Å². The minimum atomic E-state index is 0.0499. The van der Waals surface area contributed by atoms with Crippen molar-refractivity contribution in [3.63, 3.8) is 0 Å². The first-order valence-electron chi connectivity index (χ1n) is 9.62. The molecular weight excluding hydrogens is 338 g/mol. The number of piperazine rings is 1. The molecule has 5 rings (SSSR count). The molecule has 2 aromatic heterocycles. The van der Waals surface area contributed by atoms with Gasteiger partial charge in [-0.15, -0.1) is 0 Å². The van der Waals surface area contributed by atoms with Crippen molar-refractivity contribution in [2.75, 3.05) is 31.1 Å². The van der Waals surface area contributed by atoms with Crippen LogP contribution in [0, 0.1) is 6.92 Å². The summed E-state index contributed by atoms with van der Waals surface area (Å²) in [5, 5.41) is 0. The molecule has 1 aromatic carbocycles. The molecule has 1 aliphatic heterocycles. The first kappa shape index (κ1) is 16.3. The van der Waals surface area contributed by atoms with E-state index >= 15 is 0 Å². The van der Waals surface area contributed by atoms with Gasteiger partial charge in [0.05, 0.1) is 11.9 Å². The summed E-state index contributed by atoms with van der Waals surface area (Å²) in [6.07, 6.45) is 5.94. The maximum absolute atomic E-state index is 12.9. The Labute approximate surface area is 158 Å². The van der Waals surface area contributed by atoms with Crippen LogP contribution in [0.1, 0.15) is 34.8 Å². The summed E-state index contributed by atoms with van der Waals surface area (Å²) in [5.41, 5.74) is 4.82. The van der Waals surface area contributed by atoms with Crippen molar-refractivity contribution in [1.29, 1.82) is 0 Å². The van der Waals surface area contributed by atoms with Crippen LogP contribution in [0.4, 0.5) is 5.69 Å². The Morgan fingerprint density at radius 3 is 2.48 bits per heavy atom. The van der Waals surface area contributed by atoms with Crippen molar-refractivity contribution in [3.8, 4) is 0 Å². The fraction of sp³-hybridized carbons (Fsp3) is 0.381. The number of hydrogen-bond acceptors (Lipinski definition) is 4. The normalized spacial score (nSPS) is 17.5. The lowest BCUT2D eigenvalue weighted by Crippen LogP contribution is -2.48. The molecule has 0 atom stereocenters. The van der Waals surface area contributed by atoms with E-state index in [2.05, 4.69) is 50.6 Å². The average molecular weight is 361 g/mol. The van der Waals surface area contributed by atoms with Crippen LogP contribution in [-0.2, 0) is 0 Å². The van der Waals surface area contributed by atoms with Crippen molar-refractivity contribution in [1.82, 2.24) is 19.4 Å². The van der Waals surface area contributed by atoms with Gasteiger partial charge in [0.2, 0.25) is 0 Å². The number of rotatable bonds is 3. The number of carbonyl (C=O) groups is 1. The van der Waals surface area contributed by atoms with Crippen molar-refractivity contribution >= 4 is 22.8 Å². The van der Waals surface area contributed by atoms with Crippen LogP contribution >= 0.6 is 0 Å². The summed E-state index contributed by atoms with van der Waals surface area (Å²) in [5.74, 6) is 0.0499. The number of hydrogen-bond donors (Lipinski definition) is 0. The van der Waals surface area contributed by atoms with E-state index in [0.717, 1.165) is 37.3 Å². The molecule has 0 spiro atoms. The molecule has 1 amide bonds. The van der Waals surface area contributed by atoms with Crippen LogP contribution in [0.3, 0.4) is 0 Å². The number of aromatic nitrogens is 3. The van der Waals surface area contributed by atoms with Gasteiger partial charge in [-0.3, -0.25) is 4.79 Å². The second kappa shape index (κ2) is 6.37. The van der Waals surface area contributed by atoms with E-state index in [4.69, 9.17) is 0 Å². The van der Waals surface area contributed by atoms with Crippen molar-refractivity contribution in [2.24, 2.45) is 0 Å². The third kappa shape index (κ3) is 3.05. The van der Waals surface area contributed by atoms with Crippen LogP contribution in [0.5, 0.6) is 0 Å². The molecule has 6 nitrogen and oxygen atoms in total. The summed E-state index contributed by atoms with van der Waals surface area (Å²) in [7, 11) is 0. The van der Waals surface area contributed by atoms with Crippen molar-refractivity contribution < 1.29 is 4.79 Å². The molecule has 0 bridgehead atoms. The minimum Gasteiger partial charge on any atom is -0.368 e. The van der Waals surface area contributed by atoms with Crippen LogP contribution in [0.15, 0.2) is 42.9 Å². The first-order valence-corrected chi connectivity index (χ1v) is 9.62. The Morgan fingerprint density at radius 1 is 1.04 bits per heavy atom. The number of nitrogens with zero attached hydrogens (tertiary/aromatic N) is 5. The Kier molecular flexibility index (Phi) is 3.85. The Balaban J connectivity index is 1.29. The zero-order valence-electron chi connectivity index (χ0n) is 15.5. The second-order valence-electron chi connectivity index (χ2n) is 7.56. The van der Waals surface area contributed by atoms with E-state index in [0.29, 0.717) is 11.6 Å². The van der Waals surface area contributed by atoms with Crippen LogP contribution < -0.4 is 4.90 Å². The Morgan fingerprint density at radius 2 is 1.78 bits per heavy atom. The third-order valence-electron chi connectivity index (χ3n) is 5.57. The van der Waals surface area contributed by atoms with Gasteiger partial charge in [-0.25, -0.2) is 9.97 Å². The zero-order chi connectivity index (χ0) is 18.4. The lowest BCUT2D eigenvalue weighted by atomic mass is 10.2. The minimum absolute atomic E-state index is 0.0499. The fourth-order valence-corrected chi connectivity index (χ4v) is 3.76. The number of benzene rings is 1. The highest BCUT2D eigenvalue weighted by Crippen LogP contribution is 2.36. The van der Waals surface area contributed by atoms with E-state index in [1.165, 1.54) is 24.1 Å². The molecule has 0 N–H and O–H groups in total. The van der Waals surface area contributed by atoms with Gasteiger partial charge in [0.15, 0.2) is 5.65 Å². The van der Waals surface area contributed by atoms with Gasteiger partial charge in [-0.1, -0.05) is 17.7 Å². The van der Waals surface area contributed by atoms with E-state index in [1.807, 2.05) is 17.3 Å². The number of imidazole rings is 1. The first-order chi connectivity index (χ1) is 13.2. The van der Waals surface area contributed by atoms with Gasteiger partial charge in [-0.2, -0.15) is 0 Å². The highest BCUT2D eigenvalue weighted by atomic mass is 16.2. The molecule has 138 valence electrons. The summed E-state index contributed by atoms with van der Waals surface area (Å²) in [4.78, 5) is 26.2. The Bertz CT molecular complexity index is 981. The number of aryl methyl sites for hydroxylation is 1. The molecule has 3 heterocycles. The number of anilines is 1. The van der Waals surface area contributed by atoms with E-state index in [-0.39, 0.29) is 5.91 Å². The molecular formula is C21H23N5O. The molecule has 6 heteroatoms. The van der Waals surface area contributed by atoms with E-state index in [9.17, 15) is 4.79 Å². The maximum atomic E-state index is 12.9. The molecule has 1 saturated heterocycles. The number of carbonyl (C=O) groups excluding carboxylic acids is 1. The number of amides is 1. The highest BCUT2D eigenvalue weighted by Gasteiger charge is 2.27. The monoisotopic (exact) mass is 361 g/mol. The molecule has 2 aliphatic rings. The fourth-order valence-electron chi connectivity index (χ4n) is 3.76. The molecule has 27 heavy (non-hydrogen) atoms.